The van der Waals surface area contributed by atoms with E-state index in [1.807, 2.05) is 12.1 Å². The minimum Gasteiger partial charge on any atom is -0.306 e. The summed E-state index contributed by atoms with van der Waals surface area (Å²) in [5, 5.41) is 15.1. The molecule has 0 radical (unpaired) electrons. The Hall–Kier alpha value is -1.75. The molecule has 1 fully saturated rings. The molecule has 5 heteroatoms. The number of aromatic nitrogens is 4. The molecule has 21 heavy (non-hydrogen) atoms. The molecule has 1 heterocycles. The van der Waals surface area contributed by atoms with Gasteiger partial charge in [-0.1, -0.05) is 39.8 Å². The van der Waals surface area contributed by atoms with Crippen molar-refractivity contribution in [2.75, 3.05) is 0 Å². The fraction of sp³-hybridized carbons (Fsp3) is 0.562. The second-order valence-electron chi connectivity index (χ2n) is 7.11. The number of benzene rings is 1. The van der Waals surface area contributed by atoms with E-state index >= 15 is 0 Å². The van der Waals surface area contributed by atoms with Gasteiger partial charge in [0.15, 0.2) is 0 Å². The Morgan fingerprint density at radius 3 is 2.48 bits per heavy atom. The van der Waals surface area contributed by atoms with E-state index in [1.54, 1.807) is 11.0 Å². The molecular weight excluding hydrogens is 262 g/mol. The number of nitrogens with one attached hydrogen (secondary N) is 1. The van der Waals surface area contributed by atoms with Gasteiger partial charge >= 0.3 is 0 Å². The van der Waals surface area contributed by atoms with Crippen molar-refractivity contribution in [3.05, 3.63) is 36.2 Å². The van der Waals surface area contributed by atoms with E-state index < -0.39 is 0 Å². The average molecular weight is 285 g/mol. The van der Waals surface area contributed by atoms with Gasteiger partial charge in [-0.25, -0.2) is 4.68 Å². The van der Waals surface area contributed by atoms with Crippen LogP contribution in [0.25, 0.3) is 5.69 Å². The van der Waals surface area contributed by atoms with Crippen LogP contribution in [0.15, 0.2) is 30.6 Å². The summed E-state index contributed by atoms with van der Waals surface area (Å²) in [4.78, 5) is 0. The SMILES string of the molecule is CC(NC1C(C)(C)C1(C)C)c1cccc(-n2cnnn2)c1. The van der Waals surface area contributed by atoms with Crippen molar-refractivity contribution >= 4 is 0 Å². The van der Waals surface area contributed by atoms with Crippen LogP contribution in [0.4, 0.5) is 0 Å². The van der Waals surface area contributed by atoms with Gasteiger partial charge in [0.2, 0.25) is 0 Å². The predicted molar refractivity (Wildman–Crippen MR) is 82.1 cm³/mol. The molecule has 1 N–H and O–H groups in total. The van der Waals surface area contributed by atoms with E-state index in [-0.39, 0.29) is 0 Å². The topological polar surface area (TPSA) is 55.6 Å². The van der Waals surface area contributed by atoms with Gasteiger partial charge in [0.25, 0.3) is 0 Å². The molecule has 1 aromatic heterocycles. The summed E-state index contributed by atoms with van der Waals surface area (Å²) < 4.78 is 1.68. The highest BCUT2D eigenvalue weighted by molar-refractivity contribution is 5.36. The second kappa shape index (κ2) is 4.63. The van der Waals surface area contributed by atoms with Crippen LogP contribution in [0, 0.1) is 10.8 Å². The van der Waals surface area contributed by atoms with E-state index in [9.17, 15) is 0 Å². The number of nitrogens with zero attached hydrogens (tertiary/aromatic N) is 4. The monoisotopic (exact) mass is 285 g/mol. The molecule has 2 aromatic rings. The Bertz CT molecular complexity index is 616. The second-order valence-corrected chi connectivity index (χ2v) is 7.11. The molecule has 0 aliphatic heterocycles. The summed E-state index contributed by atoms with van der Waals surface area (Å²) >= 11 is 0. The smallest absolute Gasteiger partial charge is 0.143 e. The van der Waals surface area contributed by atoms with E-state index in [2.05, 4.69) is 67.6 Å². The van der Waals surface area contributed by atoms with Crippen LogP contribution in [-0.4, -0.2) is 26.2 Å². The van der Waals surface area contributed by atoms with Crippen LogP contribution in [0.3, 0.4) is 0 Å². The molecule has 0 bridgehead atoms. The summed E-state index contributed by atoms with van der Waals surface area (Å²) in [6.45, 7) is 11.5. The quantitative estimate of drug-likeness (QED) is 0.938. The lowest BCUT2D eigenvalue weighted by Crippen LogP contribution is -2.25. The molecule has 1 aromatic carbocycles. The van der Waals surface area contributed by atoms with Crippen LogP contribution >= 0.6 is 0 Å². The molecule has 1 aliphatic rings. The molecule has 112 valence electrons. The molecule has 1 saturated carbocycles. The number of hydrogen-bond acceptors (Lipinski definition) is 4. The largest absolute Gasteiger partial charge is 0.306 e. The van der Waals surface area contributed by atoms with Gasteiger partial charge in [-0.15, -0.1) is 5.10 Å². The molecule has 3 rings (SSSR count). The van der Waals surface area contributed by atoms with E-state index in [0.717, 1.165) is 5.69 Å². The van der Waals surface area contributed by atoms with Crippen molar-refractivity contribution in [3.63, 3.8) is 0 Å². The van der Waals surface area contributed by atoms with Gasteiger partial charge < -0.3 is 5.32 Å². The minimum atomic E-state index is 0.299. The van der Waals surface area contributed by atoms with Crippen molar-refractivity contribution in [2.45, 2.75) is 46.7 Å². The summed E-state index contributed by atoms with van der Waals surface area (Å²) in [6.07, 6.45) is 1.62. The Balaban J connectivity index is 1.77. The third-order valence-corrected chi connectivity index (χ3v) is 5.42. The lowest BCUT2D eigenvalue weighted by atomic mass is 10.0. The average Bonchev–Trinajstić information content (AvgIpc) is 2.88. The lowest BCUT2D eigenvalue weighted by Gasteiger charge is -2.17. The van der Waals surface area contributed by atoms with Gasteiger partial charge in [0.1, 0.15) is 6.33 Å². The third kappa shape index (κ3) is 2.25. The number of rotatable bonds is 4. The first-order valence-electron chi connectivity index (χ1n) is 7.43. The first kappa shape index (κ1) is 14.2. The Labute approximate surface area is 125 Å². The van der Waals surface area contributed by atoms with Crippen molar-refractivity contribution in [1.82, 2.24) is 25.5 Å². The molecule has 1 atom stereocenters. The molecule has 1 aliphatic carbocycles. The minimum absolute atomic E-state index is 0.299. The molecule has 0 spiro atoms. The maximum Gasteiger partial charge on any atom is 0.143 e. The van der Waals surface area contributed by atoms with Crippen molar-refractivity contribution in [3.8, 4) is 5.69 Å². The summed E-state index contributed by atoms with van der Waals surface area (Å²) in [7, 11) is 0. The lowest BCUT2D eigenvalue weighted by molar-refractivity contribution is 0.457. The van der Waals surface area contributed by atoms with Gasteiger partial charge in [0, 0.05) is 12.1 Å². The standard InChI is InChI=1S/C16H23N5/c1-11(18-14-15(2,3)16(14,4)5)12-7-6-8-13(9-12)21-10-17-19-20-21/h6-11,14,18H,1-5H3. The maximum absolute atomic E-state index is 3.94. The Morgan fingerprint density at radius 1 is 1.19 bits per heavy atom. The Morgan fingerprint density at radius 2 is 1.90 bits per heavy atom. The first-order chi connectivity index (χ1) is 9.84. The van der Waals surface area contributed by atoms with Crippen LogP contribution in [0.2, 0.25) is 0 Å². The molecule has 0 saturated heterocycles. The normalized spacial score (nSPS) is 21.2. The summed E-state index contributed by atoms with van der Waals surface area (Å²) in [6, 6.07) is 9.18. The van der Waals surface area contributed by atoms with Crippen LogP contribution in [0.1, 0.15) is 46.2 Å². The Kier molecular flexibility index (Phi) is 3.13. The van der Waals surface area contributed by atoms with Gasteiger partial charge in [-0.2, -0.15) is 0 Å². The van der Waals surface area contributed by atoms with Gasteiger partial charge in [0.05, 0.1) is 5.69 Å². The zero-order valence-corrected chi connectivity index (χ0v) is 13.3. The van der Waals surface area contributed by atoms with Crippen LogP contribution in [-0.2, 0) is 0 Å². The number of tetrazole rings is 1. The van der Waals surface area contributed by atoms with Crippen LogP contribution < -0.4 is 5.32 Å². The van der Waals surface area contributed by atoms with Crippen molar-refractivity contribution < 1.29 is 0 Å². The van der Waals surface area contributed by atoms with Gasteiger partial charge in [-0.3, -0.25) is 0 Å². The van der Waals surface area contributed by atoms with Crippen LogP contribution in [0.5, 0.6) is 0 Å². The third-order valence-electron chi connectivity index (χ3n) is 5.42. The fourth-order valence-corrected chi connectivity index (χ4v) is 3.18. The van der Waals surface area contributed by atoms with E-state index in [0.29, 0.717) is 22.9 Å². The van der Waals surface area contributed by atoms with Crippen molar-refractivity contribution in [1.29, 1.82) is 0 Å². The van der Waals surface area contributed by atoms with E-state index in [4.69, 9.17) is 0 Å². The highest BCUT2D eigenvalue weighted by atomic mass is 15.5. The highest BCUT2D eigenvalue weighted by Gasteiger charge is 2.64. The molecule has 5 nitrogen and oxygen atoms in total. The zero-order chi connectivity index (χ0) is 15.3. The van der Waals surface area contributed by atoms with Gasteiger partial charge in [-0.05, 0) is 45.9 Å². The number of hydrogen-bond donors (Lipinski definition) is 1. The first-order valence-corrected chi connectivity index (χ1v) is 7.43. The molecular formula is C16H23N5. The zero-order valence-electron chi connectivity index (χ0n) is 13.3. The fourth-order valence-electron chi connectivity index (χ4n) is 3.18. The highest BCUT2D eigenvalue weighted by Crippen LogP contribution is 2.63. The summed E-state index contributed by atoms with van der Waals surface area (Å²) in [5.74, 6) is 0. The summed E-state index contributed by atoms with van der Waals surface area (Å²) in [5.41, 5.74) is 2.92. The molecule has 1 unspecified atom stereocenters. The van der Waals surface area contributed by atoms with E-state index in [1.165, 1.54) is 5.56 Å². The molecule has 0 amide bonds. The maximum atomic E-state index is 3.94. The van der Waals surface area contributed by atoms with Crippen molar-refractivity contribution in [2.24, 2.45) is 10.8 Å². The predicted octanol–water partition coefficient (Wildman–Crippen LogP) is 2.75.